The molecule has 0 radical (unpaired) electrons. The van der Waals surface area contributed by atoms with Crippen molar-refractivity contribution in [2.75, 3.05) is 5.32 Å². The van der Waals surface area contributed by atoms with E-state index in [1.807, 2.05) is 0 Å². The summed E-state index contributed by atoms with van der Waals surface area (Å²) in [4.78, 5) is 25.3. The van der Waals surface area contributed by atoms with Gasteiger partial charge in [-0.05, 0) is 47.5 Å². The zero-order valence-electron chi connectivity index (χ0n) is 18.4. The first kappa shape index (κ1) is 25.1. The van der Waals surface area contributed by atoms with Crippen LogP contribution in [0.2, 0.25) is 5.02 Å². The van der Waals surface area contributed by atoms with Gasteiger partial charge in [-0.1, -0.05) is 41.9 Å². The number of carbonyl (C=O) groups is 1. The average molecular weight is 516 g/mol. The van der Waals surface area contributed by atoms with Gasteiger partial charge >= 0.3 is 12.2 Å². The molecule has 2 aromatic carbocycles. The van der Waals surface area contributed by atoms with Crippen LogP contribution in [0.5, 0.6) is 0 Å². The van der Waals surface area contributed by atoms with Gasteiger partial charge in [0.25, 0.3) is 0 Å². The second kappa shape index (κ2) is 10.3. The minimum Gasteiger partial charge on any atom is -0.322 e. The number of nitrogens with one attached hydrogen (secondary N) is 2. The van der Waals surface area contributed by atoms with E-state index in [4.69, 9.17) is 11.6 Å². The Bertz CT molecular complexity index is 1340. The van der Waals surface area contributed by atoms with Crippen molar-refractivity contribution in [3.8, 4) is 0 Å². The molecule has 0 saturated heterocycles. The van der Waals surface area contributed by atoms with E-state index in [0.717, 1.165) is 12.1 Å². The zero-order chi connectivity index (χ0) is 25.8. The standard InChI is InChI=1S/C25H18ClF4N5O/c26-19-7-8-21(33-15-19)24(14-16-5-2-1-3-6-16,35-23(36)34-22-31-9-4-10-32-22)17-11-18(25(28,29)30)13-20(27)12-17/h1-13,15H,14H2,(H2,31,32,34,35,36)/t24-/m1/s1. The van der Waals surface area contributed by atoms with E-state index >= 15 is 0 Å². The topological polar surface area (TPSA) is 79.8 Å². The van der Waals surface area contributed by atoms with Gasteiger partial charge in [0.1, 0.15) is 11.4 Å². The molecule has 0 aliphatic heterocycles. The maximum absolute atomic E-state index is 14.6. The predicted molar refractivity (Wildman–Crippen MR) is 126 cm³/mol. The molecule has 0 bridgehead atoms. The van der Waals surface area contributed by atoms with Crippen molar-refractivity contribution in [3.05, 3.63) is 119 Å². The van der Waals surface area contributed by atoms with E-state index in [2.05, 4.69) is 25.6 Å². The van der Waals surface area contributed by atoms with Gasteiger partial charge in [0.05, 0.1) is 16.3 Å². The molecule has 0 aliphatic rings. The highest BCUT2D eigenvalue weighted by atomic mass is 35.5. The maximum Gasteiger partial charge on any atom is 0.416 e. The fourth-order valence-electron chi connectivity index (χ4n) is 3.74. The number of carbonyl (C=O) groups excluding carboxylic acids is 1. The molecule has 2 aromatic heterocycles. The summed E-state index contributed by atoms with van der Waals surface area (Å²) in [7, 11) is 0. The molecule has 36 heavy (non-hydrogen) atoms. The van der Waals surface area contributed by atoms with Crippen LogP contribution in [0.4, 0.5) is 28.3 Å². The lowest BCUT2D eigenvalue weighted by Crippen LogP contribution is -2.51. The number of aromatic nitrogens is 3. The van der Waals surface area contributed by atoms with Gasteiger partial charge in [-0.3, -0.25) is 10.3 Å². The van der Waals surface area contributed by atoms with Gasteiger partial charge in [0, 0.05) is 25.0 Å². The van der Waals surface area contributed by atoms with Crippen LogP contribution in [0, 0.1) is 5.82 Å². The molecule has 2 heterocycles. The fraction of sp³-hybridized carbons (Fsp3) is 0.120. The minimum absolute atomic E-state index is 0.0390. The zero-order valence-corrected chi connectivity index (χ0v) is 19.2. The summed E-state index contributed by atoms with van der Waals surface area (Å²) in [5.74, 6) is -1.16. The van der Waals surface area contributed by atoms with Crippen LogP contribution in [-0.4, -0.2) is 21.0 Å². The lowest BCUT2D eigenvalue weighted by Gasteiger charge is -2.35. The highest BCUT2D eigenvalue weighted by Gasteiger charge is 2.41. The van der Waals surface area contributed by atoms with E-state index in [-0.39, 0.29) is 28.6 Å². The number of hydrogen-bond acceptors (Lipinski definition) is 4. The van der Waals surface area contributed by atoms with Crippen LogP contribution in [-0.2, 0) is 18.1 Å². The largest absolute Gasteiger partial charge is 0.416 e. The number of benzene rings is 2. The number of alkyl halides is 3. The Balaban J connectivity index is 1.91. The second-order valence-corrected chi connectivity index (χ2v) is 8.24. The fourth-order valence-corrected chi connectivity index (χ4v) is 3.85. The van der Waals surface area contributed by atoms with Crippen molar-refractivity contribution in [3.63, 3.8) is 0 Å². The summed E-state index contributed by atoms with van der Waals surface area (Å²) in [5.41, 5.74) is -2.34. The summed E-state index contributed by atoms with van der Waals surface area (Å²) in [6, 6.07) is 14.5. The number of urea groups is 1. The summed E-state index contributed by atoms with van der Waals surface area (Å²) in [6.07, 6.45) is -0.790. The molecule has 0 saturated carbocycles. The summed E-state index contributed by atoms with van der Waals surface area (Å²) in [5, 5.41) is 5.44. The van der Waals surface area contributed by atoms with Crippen LogP contribution in [0.25, 0.3) is 0 Å². The quantitative estimate of drug-likeness (QED) is 0.309. The first-order valence-corrected chi connectivity index (χ1v) is 10.9. The van der Waals surface area contributed by atoms with Crippen molar-refractivity contribution in [1.82, 2.24) is 20.3 Å². The molecule has 4 rings (SSSR count). The number of pyridine rings is 1. The van der Waals surface area contributed by atoms with Crippen molar-refractivity contribution < 1.29 is 22.4 Å². The van der Waals surface area contributed by atoms with E-state index in [1.165, 1.54) is 30.7 Å². The van der Waals surface area contributed by atoms with Crippen LogP contribution < -0.4 is 10.6 Å². The second-order valence-electron chi connectivity index (χ2n) is 7.81. The Morgan fingerprint density at radius 2 is 1.58 bits per heavy atom. The Morgan fingerprint density at radius 3 is 2.22 bits per heavy atom. The molecule has 0 spiro atoms. The third kappa shape index (κ3) is 5.77. The maximum atomic E-state index is 14.6. The number of rotatable bonds is 6. The molecular formula is C25H18ClF4N5O. The van der Waals surface area contributed by atoms with Gasteiger partial charge in [0.2, 0.25) is 5.95 Å². The van der Waals surface area contributed by atoms with Gasteiger partial charge in [-0.25, -0.2) is 19.2 Å². The van der Waals surface area contributed by atoms with Crippen molar-refractivity contribution in [1.29, 1.82) is 0 Å². The Labute approximate surface area is 208 Å². The van der Waals surface area contributed by atoms with Gasteiger partial charge in [0.15, 0.2) is 0 Å². The van der Waals surface area contributed by atoms with Crippen molar-refractivity contribution in [2.24, 2.45) is 0 Å². The minimum atomic E-state index is -4.83. The third-order valence-electron chi connectivity index (χ3n) is 5.31. The van der Waals surface area contributed by atoms with E-state index < -0.39 is 29.1 Å². The molecule has 0 aliphatic carbocycles. The van der Waals surface area contributed by atoms with Gasteiger partial charge in [-0.2, -0.15) is 13.2 Å². The number of anilines is 1. The summed E-state index contributed by atoms with van der Waals surface area (Å²) < 4.78 is 55.6. The predicted octanol–water partition coefficient (Wildman–Crippen LogP) is 5.99. The average Bonchev–Trinajstić information content (AvgIpc) is 2.84. The van der Waals surface area contributed by atoms with Crippen molar-refractivity contribution in [2.45, 2.75) is 18.1 Å². The van der Waals surface area contributed by atoms with Crippen LogP contribution in [0.3, 0.4) is 0 Å². The molecule has 0 unspecified atom stereocenters. The van der Waals surface area contributed by atoms with Crippen molar-refractivity contribution >= 4 is 23.6 Å². The molecule has 6 nitrogen and oxygen atoms in total. The monoisotopic (exact) mass is 515 g/mol. The normalized spacial score (nSPS) is 13.0. The first-order chi connectivity index (χ1) is 17.2. The van der Waals surface area contributed by atoms with Crippen LogP contribution in [0.1, 0.15) is 22.4 Å². The molecule has 184 valence electrons. The van der Waals surface area contributed by atoms with Gasteiger partial charge in [-0.15, -0.1) is 0 Å². The third-order valence-corrected chi connectivity index (χ3v) is 5.54. The Morgan fingerprint density at radius 1 is 0.889 bits per heavy atom. The van der Waals surface area contributed by atoms with Crippen LogP contribution >= 0.6 is 11.6 Å². The van der Waals surface area contributed by atoms with E-state index in [0.29, 0.717) is 11.6 Å². The molecule has 2 amide bonds. The Kier molecular flexibility index (Phi) is 7.16. The smallest absolute Gasteiger partial charge is 0.322 e. The number of amides is 2. The lowest BCUT2D eigenvalue weighted by atomic mass is 9.80. The number of hydrogen-bond donors (Lipinski definition) is 2. The van der Waals surface area contributed by atoms with E-state index in [1.54, 1.807) is 36.4 Å². The first-order valence-electron chi connectivity index (χ1n) is 10.6. The molecule has 2 N–H and O–H groups in total. The molecular weight excluding hydrogens is 498 g/mol. The number of nitrogens with zero attached hydrogens (tertiary/aromatic N) is 3. The summed E-state index contributed by atoms with van der Waals surface area (Å²) in [6.45, 7) is 0. The lowest BCUT2D eigenvalue weighted by molar-refractivity contribution is -0.137. The molecule has 4 aromatic rings. The van der Waals surface area contributed by atoms with E-state index in [9.17, 15) is 22.4 Å². The molecule has 0 fully saturated rings. The van der Waals surface area contributed by atoms with Crippen LogP contribution in [0.15, 0.2) is 85.3 Å². The highest BCUT2D eigenvalue weighted by Crippen LogP contribution is 2.38. The van der Waals surface area contributed by atoms with Gasteiger partial charge < -0.3 is 5.32 Å². The molecule has 1 atom stereocenters. The highest BCUT2D eigenvalue weighted by molar-refractivity contribution is 6.30. The summed E-state index contributed by atoms with van der Waals surface area (Å²) >= 11 is 6.00. The molecule has 11 heteroatoms. The SMILES string of the molecule is O=C(Nc1ncccn1)N[C@](Cc1ccccc1)(c1cc(F)cc(C(F)(F)F)c1)c1ccc(Cl)cn1. The Hall–Kier alpha value is -4.05. The number of halogens is 5.